The lowest BCUT2D eigenvalue weighted by molar-refractivity contribution is -0.137. The summed E-state index contributed by atoms with van der Waals surface area (Å²) in [7, 11) is 2.07. The molecule has 1 saturated heterocycles. The molecular weight excluding hydrogens is 502 g/mol. The molecule has 0 spiro atoms. The Morgan fingerprint density at radius 2 is 1.62 bits per heavy atom. The number of aliphatic hydroxyl groups excluding tert-OH is 1. The number of nitrogens with zero attached hydrogens (tertiary/aromatic N) is 2. The molecule has 2 aromatic carbocycles. The lowest BCUT2D eigenvalue weighted by Gasteiger charge is -2.40. The zero-order valence-electron chi connectivity index (χ0n) is 21.0. The topological polar surface area (TPSA) is 53.0 Å². The number of benzene rings is 2. The van der Waals surface area contributed by atoms with Gasteiger partial charge in [0.05, 0.1) is 5.56 Å². The molecule has 2 heterocycles. The summed E-state index contributed by atoms with van der Waals surface area (Å²) in [4.78, 5) is 17.3. The van der Waals surface area contributed by atoms with Gasteiger partial charge in [-0.3, -0.25) is 4.79 Å². The molecule has 1 unspecified atom stereocenters. The molecular formula is C26H32F6N2O3. The summed E-state index contributed by atoms with van der Waals surface area (Å²) in [6.07, 6.45) is -5.63. The Morgan fingerprint density at radius 3 is 2.16 bits per heavy atom. The van der Waals surface area contributed by atoms with Crippen molar-refractivity contribution in [2.45, 2.75) is 51.5 Å². The van der Waals surface area contributed by atoms with Gasteiger partial charge in [-0.2, -0.15) is 26.3 Å². The maximum Gasteiger partial charge on any atom is 0.416 e. The second-order valence-corrected chi connectivity index (χ2v) is 8.81. The summed E-state index contributed by atoms with van der Waals surface area (Å²) in [6, 6.07) is 10.1. The second-order valence-electron chi connectivity index (χ2n) is 8.81. The maximum absolute atomic E-state index is 13.1. The van der Waals surface area contributed by atoms with Crippen molar-refractivity contribution < 1.29 is 41.0 Å². The average molecular weight is 535 g/mol. The van der Waals surface area contributed by atoms with E-state index in [0.29, 0.717) is 30.0 Å². The second kappa shape index (κ2) is 13.1. The minimum absolute atomic E-state index is 0.00409. The third-order valence-electron chi connectivity index (χ3n) is 5.68. The summed E-state index contributed by atoms with van der Waals surface area (Å²) in [6.45, 7) is 4.67. The number of hydrogen-bond donors (Lipinski definition) is 1. The van der Waals surface area contributed by atoms with Crippen LogP contribution in [-0.4, -0.2) is 66.3 Å². The predicted molar refractivity (Wildman–Crippen MR) is 128 cm³/mol. The Hall–Kier alpha value is -2.79. The van der Waals surface area contributed by atoms with E-state index in [9.17, 15) is 31.1 Å². The minimum Gasteiger partial charge on any atom is -0.457 e. The van der Waals surface area contributed by atoms with E-state index in [1.807, 2.05) is 4.90 Å². The Labute approximate surface area is 212 Å². The number of hydrogen-bond acceptors (Lipinski definition) is 4. The first-order valence-corrected chi connectivity index (χ1v) is 11.9. The van der Waals surface area contributed by atoms with E-state index < -0.39 is 17.9 Å². The molecule has 0 bridgehead atoms. The maximum atomic E-state index is 13.1. The summed E-state index contributed by atoms with van der Waals surface area (Å²) in [5, 5.41) is 7.57. The highest BCUT2D eigenvalue weighted by molar-refractivity contribution is 5.97. The monoisotopic (exact) mass is 534 g/mol. The number of carbonyl (C=O) groups is 1. The number of amides is 1. The Kier molecular flexibility index (Phi) is 10.8. The van der Waals surface area contributed by atoms with Gasteiger partial charge >= 0.3 is 12.4 Å². The summed E-state index contributed by atoms with van der Waals surface area (Å²) >= 11 is 0. The summed E-state index contributed by atoms with van der Waals surface area (Å²) in [5.74, 6) is 0.843. The Bertz CT molecular complexity index is 1000. The molecule has 5 nitrogen and oxygen atoms in total. The quantitative estimate of drug-likeness (QED) is 0.480. The van der Waals surface area contributed by atoms with Crippen molar-refractivity contribution in [3.05, 3.63) is 59.2 Å². The zero-order chi connectivity index (χ0) is 27.8. The molecule has 2 aromatic rings. The number of likely N-dealkylation sites (tertiary alicyclic amines) is 1. The van der Waals surface area contributed by atoms with E-state index in [0.717, 1.165) is 43.6 Å². The fourth-order valence-corrected chi connectivity index (χ4v) is 4.19. The molecule has 37 heavy (non-hydrogen) atoms. The minimum atomic E-state index is -4.38. The normalized spacial score (nSPS) is 18.2. The largest absolute Gasteiger partial charge is 0.457 e. The highest BCUT2D eigenvalue weighted by atomic mass is 19.4. The fraction of sp³-hybridized carbons (Fsp3) is 0.500. The molecule has 4 rings (SSSR count). The van der Waals surface area contributed by atoms with Crippen LogP contribution in [-0.2, 0) is 12.6 Å². The van der Waals surface area contributed by atoms with Gasteiger partial charge in [0, 0.05) is 43.8 Å². The Morgan fingerprint density at radius 1 is 1.03 bits per heavy atom. The summed E-state index contributed by atoms with van der Waals surface area (Å²) < 4.78 is 75.1. The fourth-order valence-electron chi connectivity index (χ4n) is 4.19. The lowest BCUT2D eigenvalue weighted by Crippen LogP contribution is -2.51. The van der Waals surface area contributed by atoms with Gasteiger partial charge in [0.2, 0.25) is 0 Å². The van der Waals surface area contributed by atoms with Crippen LogP contribution in [0, 0.1) is 0 Å². The van der Waals surface area contributed by atoms with Crippen molar-refractivity contribution in [3.63, 3.8) is 0 Å². The van der Waals surface area contributed by atoms with E-state index in [1.54, 1.807) is 25.1 Å². The van der Waals surface area contributed by atoms with Gasteiger partial charge in [-0.15, -0.1) is 0 Å². The SMILES string of the molecule is CC(F)(F)F.CCO.CN1CCCC(N2CCc3c(Oc4ccc(C(F)(F)F)cc4)cccc3C2=O)C1. The van der Waals surface area contributed by atoms with Crippen molar-refractivity contribution in [2.24, 2.45) is 0 Å². The number of fused-ring (bicyclic) bond motifs is 1. The predicted octanol–water partition coefficient (Wildman–Crippen LogP) is 6.16. The van der Waals surface area contributed by atoms with Gasteiger partial charge in [-0.25, -0.2) is 0 Å². The van der Waals surface area contributed by atoms with E-state index >= 15 is 0 Å². The van der Waals surface area contributed by atoms with Crippen molar-refractivity contribution in [1.82, 2.24) is 9.80 Å². The van der Waals surface area contributed by atoms with Crippen LogP contribution in [0.2, 0.25) is 0 Å². The molecule has 0 radical (unpaired) electrons. The molecule has 2 aliphatic heterocycles. The number of piperidine rings is 1. The Balaban J connectivity index is 0.000000530. The van der Waals surface area contributed by atoms with Crippen molar-refractivity contribution in [3.8, 4) is 11.5 Å². The molecule has 0 aliphatic carbocycles. The molecule has 206 valence electrons. The van der Waals surface area contributed by atoms with Crippen LogP contribution < -0.4 is 4.74 Å². The average Bonchev–Trinajstić information content (AvgIpc) is 2.79. The first-order chi connectivity index (χ1) is 17.2. The lowest BCUT2D eigenvalue weighted by atomic mass is 9.94. The smallest absolute Gasteiger partial charge is 0.416 e. The first-order valence-electron chi connectivity index (χ1n) is 11.9. The molecule has 11 heteroatoms. The van der Waals surface area contributed by atoms with Crippen LogP contribution in [0.3, 0.4) is 0 Å². The van der Waals surface area contributed by atoms with Gasteiger partial charge in [-0.05, 0) is 76.2 Å². The van der Waals surface area contributed by atoms with Gasteiger partial charge < -0.3 is 19.6 Å². The third kappa shape index (κ3) is 9.55. The van der Waals surface area contributed by atoms with E-state index in [2.05, 4.69) is 11.9 Å². The molecule has 1 N–H and O–H groups in total. The zero-order valence-corrected chi connectivity index (χ0v) is 21.0. The number of likely N-dealkylation sites (N-methyl/N-ethyl adjacent to an activating group) is 1. The van der Waals surface area contributed by atoms with Crippen LogP contribution in [0.25, 0.3) is 0 Å². The van der Waals surface area contributed by atoms with Crippen molar-refractivity contribution in [2.75, 3.05) is 33.3 Å². The van der Waals surface area contributed by atoms with Gasteiger partial charge in [0.15, 0.2) is 0 Å². The van der Waals surface area contributed by atoms with Crippen LogP contribution in [0.4, 0.5) is 26.3 Å². The van der Waals surface area contributed by atoms with Crippen LogP contribution in [0.15, 0.2) is 42.5 Å². The molecule has 1 fully saturated rings. The third-order valence-corrected chi connectivity index (χ3v) is 5.68. The van der Waals surface area contributed by atoms with Crippen LogP contribution in [0.5, 0.6) is 11.5 Å². The standard InChI is InChI=1S/C22H23F3N2O2.C2H3F3.C2H6O/c1-26-12-3-4-16(14-26)27-13-11-18-19(21(27)28)5-2-6-20(18)29-17-9-7-15(8-10-17)22(23,24)25;1-2(3,4)5;1-2-3/h2,5-10,16H,3-4,11-14H2,1H3;1H3;3H,2H2,1H3. The van der Waals surface area contributed by atoms with Crippen molar-refractivity contribution in [1.29, 1.82) is 0 Å². The van der Waals surface area contributed by atoms with Gasteiger partial charge in [0.1, 0.15) is 11.5 Å². The number of rotatable bonds is 3. The van der Waals surface area contributed by atoms with E-state index in [1.165, 1.54) is 12.1 Å². The molecule has 2 aliphatic rings. The number of ether oxygens (including phenoxy) is 1. The number of aliphatic hydroxyl groups is 1. The van der Waals surface area contributed by atoms with Crippen LogP contribution >= 0.6 is 0 Å². The number of alkyl halides is 6. The van der Waals surface area contributed by atoms with Gasteiger partial charge in [0.25, 0.3) is 5.91 Å². The van der Waals surface area contributed by atoms with Gasteiger partial charge in [-0.1, -0.05) is 6.07 Å². The highest BCUT2D eigenvalue weighted by Gasteiger charge is 2.33. The van der Waals surface area contributed by atoms with E-state index in [-0.39, 0.29) is 25.5 Å². The van der Waals surface area contributed by atoms with Crippen LogP contribution in [0.1, 0.15) is 48.2 Å². The number of carbonyl (C=O) groups excluding carboxylic acids is 1. The van der Waals surface area contributed by atoms with E-state index in [4.69, 9.17) is 9.84 Å². The molecule has 0 aromatic heterocycles. The first kappa shape index (κ1) is 30.4. The highest BCUT2D eigenvalue weighted by Crippen LogP contribution is 2.35. The molecule has 1 atom stereocenters. The van der Waals surface area contributed by atoms with Crippen molar-refractivity contribution >= 4 is 5.91 Å². The molecule has 0 saturated carbocycles. The summed E-state index contributed by atoms with van der Waals surface area (Å²) in [5.41, 5.74) is 0.718. The number of halogens is 6. The molecule has 1 amide bonds.